The van der Waals surface area contributed by atoms with Crippen molar-refractivity contribution in [2.24, 2.45) is 0 Å². The minimum Gasteiger partial charge on any atom is -0.396 e. The molecule has 0 radical (unpaired) electrons. The van der Waals surface area contributed by atoms with E-state index in [4.69, 9.17) is 19.8 Å². The van der Waals surface area contributed by atoms with Crippen LogP contribution in [0.25, 0.3) is 33.7 Å². The topological polar surface area (TPSA) is 133 Å². The van der Waals surface area contributed by atoms with Gasteiger partial charge in [0.05, 0.1) is 29.8 Å². The highest BCUT2D eigenvalue weighted by Gasteiger charge is 2.24. The quantitative estimate of drug-likeness (QED) is 0.301. The van der Waals surface area contributed by atoms with Gasteiger partial charge in [-0.2, -0.15) is 0 Å². The standard InChI is InChI=1S/C26H30N6O4S/c1-17-4-5-19(37(34,35)29-8-3-12-33)14-22(17)23-15-24(32-11-13-36-16-18(32)2)31-26(30-23)21-7-10-28-25-20(21)6-9-27-25/h4-7,9-10,14-15,18,29,33H,3,8,11-13,16H2,1-2H3,(H,27,28)/t18-/m1/s1. The Morgan fingerprint density at radius 3 is 2.86 bits per heavy atom. The number of morpholine rings is 1. The first-order valence-electron chi connectivity index (χ1n) is 12.2. The predicted octanol–water partition coefficient (Wildman–Crippen LogP) is 2.88. The van der Waals surface area contributed by atoms with Gasteiger partial charge in [-0.3, -0.25) is 0 Å². The number of aliphatic hydroxyl groups is 1. The molecule has 0 spiro atoms. The van der Waals surface area contributed by atoms with E-state index in [9.17, 15) is 8.42 Å². The van der Waals surface area contributed by atoms with Gasteiger partial charge in [0.25, 0.3) is 0 Å². The Bertz CT molecular complexity index is 1520. The molecule has 0 amide bonds. The molecule has 1 aliphatic rings. The summed E-state index contributed by atoms with van der Waals surface area (Å²) in [6.07, 6.45) is 3.89. The summed E-state index contributed by atoms with van der Waals surface area (Å²) in [5.41, 5.74) is 3.80. The number of nitrogens with one attached hydrogen (secondary N) is 2. The van der Waals surface area contributed by atoms with Gasteiger partial charge in [-0.15, -0.1) is 0 Å². The van der Waals surface area contributed by atoms with Crippen LogP contribution in [-0.2, 0) is 14.8 Å². The number of hydrogen-bond acceptors (Lipinski definition) is 8. The average Bonchev–Trinajstić information content (AvgIpc) is 3.38. The number of nitrogens with zero attached hydrogens (tertiary/aromatic N) is 4. The van der Waals surface area contributed by atoms with Gasteiger partial charge < -0.3 is 19.7 Å². The molecule has 0 aliphatic carbocycles. The average molecular weight is 523 g/mol. The molecule has 194 valence electrons. The Kier molecular flexibility index (Phi) is 7.20. The number of aryl methyl sites for hydroxylation is 1. The molecule has 37 heavy (non-hydrogen) atoms. The Hall–Kier alpha value is -3.38. The summed E-state index contributed by atoms with van der Waals surface area (Å²) in [5.74, 6) is 1.29. The Morgan fingerprint density at radius 2 is 2.05 bits per heavy atom. The smallest absolute Gasteiger partial charge is 0.240 e. The first-order chi connectivity index (χ1) is 17.9. The first kappa shape index (κ1) is 25.3. The zero-order chi connectivity index (χ0) is 26.0. The fourth-order valence-corrected chi connectivity index (χ4v) is 5.58. The number of H-pyrrole nitrogens is 1. The van der Waals surface area contributed by atoms with Gasteiger partial charge in [0.1, 0.15) is 11.5 Å². The monoisotopic (exact) mass is 522 g/mol. The predicted molar refractivity (Wildman–Crippen MR) is 142 cm³/mol. The van der Waals surface area contributed by atoms with Gasteiger partial charge in [0.2, 0.25) is 10.0 Å². The minimum atomic E-state index is -3.75. The lowest BCUT2D eigenvalue weighted by Crippen LogP contribution is -2.44. The lowest BCUT2D eigenvalue weighted by atomic mass is 10.0. The fourth-order valence-electron chi connectivity index (χ4n) is 4.48. The molecule has 0 unspecified atom stereocenters. The van der Waals surface area contributed by atoms with E-state index in [1.165, 1.54) is 0 Å². The molecule has 11 heteroatoms. The lowest BCUT2D eigenvalue weighted by Gasteiger charge is -2.34. The maximum absolute atomic E-state index is 12.9. The van der Waals surface area contributed by atoms with Crippen LogP contribution in [0.4, 0.5) is 5.82 Å². The number of benzene rings is 1. The van der Waals surface area contributed by atoms with Crippen LogP contribution in [0, 0.1) is 6.92 Å². The number of pyridine rings is 1. The number of sulfonamides is 1. The number of rotatable bonds is 8. The van der Waals surface area contributed by atoms with Crippen molar-refractivity contribution in [1.82, 2.24) is 24.7 Å². The number of ether oxygens (including phenoxy) is 1. The third kappa shape index (κ3) is 5.21. The summed E-state index contributed by atoms with van der Waals surface area (Å²) < 4.78 is 34.0. The van der Waals surface area contributed by atoms with E-state index < -0.39 is 10.0 Å². The zero-order valence-electron chi connectivity index (χ0n) is 20.8. The number of aromatic amines is 1. The van der Waals surface area contributed by atoms with Crippen molar-refractivity contribution in [3.8, 4) is 22.6 Å². The summed E-state index contributed by atoms with van der Waals surface area (Å²) in [4.78, 5) is 19.7. The number of aromatic nitrogens is 4. The zero-order valence-corrected chi connectivity index (χ0v) is 21.6. The highest BCUT2D eigenvalue weighted by Crippen LogP contribution is 2.32. The third-order valence-corrected chi connectivity index (χ3v) is 7.96. The van der Waals surface area contributed by atoms with Gasteiger partial charge in [-0.05, 0) is 50.1 Å². The van der Waals surface area contributed by atoms with Crippen molar-refractivity contribution in [3.05, 3.63) is 54.4 Å². The maximum atomic E-state index is 12.9. The van der Waals surface area contributed by atoms with Crippen molar-refractivity contribution in [3.63, 3.8) is 0 Å². The number of aliphatic hydroxyl groups excluding tert-OH is 1. The molecule has 1 aliphatic heterocycles. The normalized spacial score (nSPS) is 16.4. The van der Waals surface area contributed by atoms with Crippen LogP contribution >= 0.6 is 0 Å². The molecular formula is C26H30N6O4S. The van der Waals surface area contributed by atoms with E-state index in [0.717, 1.165) is 28.0 Å². The molecule has 10 nitrogen and oxygen atoms in total. The molecule has 1 aromatic carbocycles. The molecule has 3 aromatic heterocycles. The minimum absolute atomic E-state index is 0.0858. The SMILES string of the molecule is Cc1ccc(S(=O)(=O)NCCCO)cc1-c1cc(N2CCOC[C@H]2C)nc(-c2ccnc3[nH]ccc23)n1. The molecule has 4 heterocycles. The van der Waals surface area contributed by atoms with Crippen LogP contribution in [0.15, 0.2) is 53.7 Å². The molecule has 1 atom stereocenters. The molecule has 0 saturated carbocycles. The van der Waals surface area contributed by atoms with E-state index in [0.29, 0.717) is 43.3 Å². The van der Waals surface area contributed by atoms with Crippen LogP contribution in [0.1, 0.15) is 18.9 Å². The second-order valence-electron chi connectivity index (χ2n) is 9.10. The van der Waals surface area contributed by atoms with E-state index in [-0.39, 0.29) is 24.1 Å². The second kappa shape index (κ2) is 10.5. The van der Waals surface area contributed by atoms with Gasteiger partial charge in [0, 0.05) is 54.7 Å². The summed E-state index contributed by atoms with van der Waals surface area (Å²) >= 11 is 0. The van der Waals surface area contributed by atoms with Gasteiger partial charge in [-0.1, -0.05) is 6.07 Å². The van der Waals surface area contributed by atoms with Crippen molar-refractivity contribution in [2.45, 2.75) is 31.2 Å². The van der Waals surface area contributed by atoms with Crippen LogP contribution in [0.2, 0.25) is 0 Å². The first-order valence-corrected chi connectivity index (χ1v) is 13.7. The van der Waals surface area contributed by atoms with Crippen LogP contribution in [-0.4, -0.2) is 72.4 Å². The molecule has 1 saturated heterocycles. The van der Waals surface area contributed by atoms with E-state index in [2.05, 4.69) is 26.5 Å². The second-order valence-corrected chi connectivity index (χ2v) is 10.9. The molecule has 5 rings (SSSR count). The number of fused-ring (bicyclic) bond motifs is 1. The summed E-state index contributed by atoms with van der Waals surface area (Å²) in [7, 11) is -3.75. The van der Waals surface area contributed by atoms with E-state index in [1.807, 2.05) is 31.3 Å². The molecule has 0 bridgehead atoms. The highest BCUT2D eigenvalue weighted by atomic mass is 32.2. The Labute approximate surface area is 215 Å². The van der Waals surface area contributed by atoms with Crippen molar-refractivity contribution >= 4 is 26.9 Å². The van der Waals surface area contributed by atoms with Gasteiger partial charge in [0.15, 0.2) is 5.82 Å². The Morgan fingerprint density at radius 1 is 1.19 bits per heavy atom. The van der Waals surface area contributed by atoms with Crippen LogP contribution < -0.4 is 9.62 Å². The van der Waals surface area contributed by atoms with Crippen molar-refractivity contribution in [1.29, 1.82) is 0 Å². The van der Waals surface area contributed by atoms with Crippen LogP contribution in [0.3, 0.4) is 0 Å². The van der Waals surface area contributed by atoms with Crippen molar-refractivity contribution < 1.29 is 18.3 Å². The van der Waals surface area contributed by atoms with Gasteiger partial charge in [-0.25, -0.2) is 28.1 Å². The number of anilines is 1. The van der Waals surface area contributed by atoms with Gasteiger partial charge >= 0.3 is 0 Å². The fraction of sp³-hybridized carbons (Fsp3) is 0.346. The largest absolute Gasteiger partial charge is 0.396 e. The molecule has 4 aromatic rings. The summed E-state index contributed by atoms with van der Waals surface area (Å²) in [6, 6.07) is 10.9. The van der Waals surface area contributed by atoms with Crippen molar-refractivity contribution in [2.75, 3.05) is 37.8 Å². The maximum Gasteiger partial charge on any atom is 0.240 e. The van der Waals surface area contributed by atoms with E-state index in [1.54, 1.807) is 24.4 Å². The highest BCUT2D eigenvalue weighted by molar-refractivity contribution is 7.89. The van der Waals surface area contributed by atoms with Crippen LogP contribution in [0.5, 0.6) is 0 Å². The summed E-state index contributed by atoms with van der Waals surface area (Å²) in [6.45, 7) is 5.98. The number of hydrogen-bond donors (Lipinski definition) is 3. The lowest BCUT2D eigenvalue weighted by molar-refractivity contribution is 0.0985. The molecular weight excluding hydrogens is 492 g/mol. The summed E-state index contributed by atoms with van der Waals surface area (Å²) in [5, 5.41) is 9.92. The molecule has 3 N–H and O–H groups in total. The molecule has 1 fully saturated rings. The Balaban J connectivity index is 1.65. The van der Waals surface area contributed by atoms with E-state index >= 15 is 0 Å². The third-order valence-electron chi connectivity index (χ3n) is 6.50.